The average molecular weight is 492 g/mol. The molecular formula is C18H25IN2O6. The summed E-state index contributed by atoms with van der Waals surface area (Å²) in [6.07, 6.45) is -0.554. The van der Waals surface area contributed by atoms with Gasteiger partial charge in [-0.2, -0.15) is 0 Å². The van der Waals surface area contributed by atoms with Crippen molar-refractivity contribution >= 4 is 40.6 Å². The van der Waals surface area contributed by atoms with Crippen LogP contribution in [0.15, 0.2) is 18.2 Å². The number of halogens is 1. The van der Waals surface area contributed by atoms with E-state index < -0.39 is 35.7 Å². The molecule has 0 spiro atoms. The second kappa shape index (κ2) is 9.77. The van der Waals surface area contributed by atoms with E-state index in [-0.39, 0.29) is 12.2 Å². The molecule has 0 heterocycles. The molecule has 0 aliphatic rings. The van der Waals surface area contributed by atoms with Crippen molar-refractivity contribution in [3.8, 4) is 5.75 Å². The number of amides is 2. The number of rotatable bonds is 6. The van der Waals surface area contributed by atoms with E-state index >= 15 is 0 Å². The Bertz CT molecular complexity index is 702. The van der Waals surface area contributed by atoms with Gasteiger partial charge in [-0.05, 0) is 68.0 Å². The van der Waals surface area contributed by atoms with Crippen molar-refractivity contribution in [2.75, 3.05) is 7.11 Å². The number of phenolic OH excluding ortho intramolecular Hbond substituents is 1. The molecule has 1 rings (SSSR count). The molecular weight excluding hydrogens is 467 g/mol. The highest BCUT2D eigenvalue weighted by Gasteiger charge is 2.26. The maximum absolute atomic E-state index is 12.4. The molecule has 0 fully saturated rings. The number of carbonyl (C=O) groups is 3. The first-order valence-electron chi connectivity index (χ1n) is 8.28. The van der Waals surface area contributed by atoms with Crippen LogP contribution in [0, 0.1) is 3.57 Å². The molecule has 0 aliphatic carbocycles. The predicted octanol–water partition coefficient (Wildman–Crippen LogP) is 2.11. The van der Waals surface area contributed by atoms with E-state index in [1.54, 1.807) is 32.9 Å². The predicted molar refractivity (Wildman–Crippen MR) is 107 cm³/mol. The van der Waals surface area contributed by atoms with Crippen LogP contribution in [0.4, 0.5) is 4.79 Å². The van der Waals surface area contributed by atoms with Crippen LogP contribution in [0.2, 0.25) is 0 Å². The molecule has 0 saturated carbocycles. The van der Waals surface area contributed by atoms with Gasteiger partial charge in [0, 0.05) is 6.42 Å². The number of phenols is 1. The summed E-state index contributed by atoms with van der Waals surface area (Å²) in [7, 11) is 1.23. The molecule has 0 aromatic heterocycles. The molecule has 2 atom stereocenters. The van der Waals surface area contributed by atoms with Crippen LogP contribution in [0.25, 0.3) is 0 Å². The van der Waals surface area contributed by atoms with Crippen LogP contribution >= 0.6 is 22.6 Å². The van der Waals surface area contributed by atoms with Crippen molar-refractivity contribution in [1.82, 2.24) is 10.6 Å². The molecule has 8 nitrogen and oxygen atoms in total. The number of methoxy groups -OCH3 is 1. The fourth-order valence-electron chi connectivity index (χ4n) is 2.10. The van der Waals surface area contributed by atoms with Gasteiger partial charge in [-0.3, -0.25) is 4.79 Å². The van der Waals surface area contributed by atoms with Crippen molar-refractivity contribution < 1.29 is 29.0 Å². The van der Waals surface area contributed by atoms with E-state index in [1.807, 2.05) is 22.6 Å². The molecule has 0 saturated heterocycles. The van der Waals surface area contributed by atoms with Gasteiger partial charge in [0.25, 0.3) is 0 Å². The lowest BCUT2D eigenvalue weighted by Crippen LogP contribution is -2.52. The van der Waals surface area contributed by atoms with Gasteiger partial charge < -0.3 is 25.2 Å². The Kier molecular flexibility index (Phi) is 8.32. The fraction of sp³-hybridized carbons (Fsp3) is 0.500. The summed E-state index contributed by atoms with van der Waals surface area (Å²) in [6, 6.07) is 3.03. The van der Waals surface area contributed by atoms with Crippen LogP contribution in [0.1, 0.15) is 33.3 Å². The van der Waals surface area contributed by atoms with Crippen molar-refractivity contribution in [2.24, 2.45) is 0 Å². The molecule has 2 amide bonds. The molecule has 9 heteroatoms. The third-order valence-corrected chi connectivity index (χ3v) is 4.24. The lowest BCUT2D eigenvalue weighted by Gasteiger charge is -2.23. The van der Waals surface area contributed by atoms with Crippen molar-refractivity contribution in [1.29, 1.82) is 0 Å². The van der Waals surface area contributed by atoms with Gasteiger partial charge >= 0.3 is 12.1 Å². The first-order valence-corrected chi connectivity index (χ1v) is 9.36. The normalized spacial score (nSPS) is 13.3. The first kappa shape index (κ1) is 23.0. The van der Waals surface area contributed by atoms with Gasteiger partial charge in [0.05, 0.1) is 10.7 Å². The van der Waals surface area contributed by atoms with Crippen LogP contribution in [-0.2, 0) is 25.5 Å². The number of benzene rings is 1. The number of hydrogen-bond donors (Lipinski definition) is 3. The zero-order valence-electron chi connectivity index (χ0n) is 16.0. The van der Waals surface area contributed by atoms with Crippen LogP contribution in [0.5, 0.6) is 5.75 Å². The zero-order chi connectivity index (χ0) is 20.8. The van der Waals surface area contributed by atoms with Crippen molar-refractivity contribution in [3.63, 3.8) is 0 Å². The number of nitrogens with one attached hydrogen (secondary N) is 2. The van der Waals surface area contributed by atoms with Crippen LogP contribution in [-0.4, -0.2) is 47.9 Å². The minimum absolute atomic E-state index is 0.133. The highest BCUT2D eigenvalue weighted by Crippen LogP contribution is 2.21. The van der Waals surface area contributed by atoms with Gasteiger partial charge in [0.15, 0.2) is 0 Å². The maximum atomic E-state index is 12.4. The standard InChI is InChI=1S/C18H25IN2O6/c1-10(20-17(25)27-18(2,3)4)15(23)21-13(16(24)26-5)9-11-6-7-14(22)12(19)8-11/h6-8,10,13,22H,9H2,1-5H3,(H,20,25)(H,21,23)/t10-,13-/m0/s1. The second-order valence-corrected chi connectivity index (χ2v) is 8.10. The largest absolute Gasteiger partial charge is 0.507 e. The molecule has 150 valence electrons. The molecule has 1 aromatic rings. The van der Waals surface area contributed by atoms with Gasteiger partial charge in [0.1, 0.15) is 23.4 Å². The van der Waals surface area contributed by atoms with E-state index in [0.717, 1.165) is 5.56 Å². The lowest BCUT2D eigenvalue weighted by atomic mass is 10.1. The Labute approximate surface area is 172 Å². The number of ether oxygens (including phenoxy) is 2. The van der Waals surface area contributed by atoms with Crippen molar-refractivity contribution in [2.45, 2.75) is 51.8 Å². The Morgan fingerprint density at radius 3 is 2.37 bits per heavy atom. The summed E-state index contributed by atoms with van der Waals surface area (Å²) in [5.74, 6) is -1.03. The average Bonchev–Trinajstić information content (AvgIpc) is 2.54. The number of alkyl carbamates (subject to hydrolysis) is 1. The fourth-order valence-corrected chi connectivity index (χ4v) is 2.68. The highest BCUT2D eigenvalue weighted by molar-refractivity contribution is 14.1. The first-order chi connectivity index (χ1) is 12.4. The minimum atomic E-state index is -0.939. The number of hydrogen-bond acceptors (Lipinski definition) is 6. The smallest absolute Gasteiger partial charge is 0.408 e. The SMILES string of the molecule is COC(=O)[C@H](Cc1ccc(O)c(I)c1)NC(=O)[C@H](C)NC(=O)OC(C)(C)C. The van der Waals surface area contributed by atoms with Gasteiger partial charge in [-0.15, -0.1) is 0 Å². The monoisotopic (exact) mass is 492 g/mol. The Hall–Kier alpha value is -2.04. The topological polar surface area (TPSA) is 114 Å². The van der Waals surface area contributed by atoms with Gasteiger partial charge in [-0.1, -0.05) is 6.07 Å². The van der Waals surface area contributed by atoms with E-state index in [0.29, 0.717) is 3.57 Å². The summed E-state index contributed by atoms with van der Waals surface area (Å²) in [5, 5.41) is 14.6. The van der Waals surface area contributed by atoms with Gasteiger partial charge in [-0.25, -0.2) is 9.59 Å². The van der Waals surface area contributed by atoms with Crippen molar-refractivity contribution in [3.05, 3.63) is 27.3 Å². The van der Waals surface area contributed by atoms with Crippen LogP contribution in [0.3, 0.4) is 0 Å². The number of aromatic hydroxyl groups is 1. The number of esters is 1. The third-order valence-electron chi connectivity index (χ3n) is 3.38. The van der Waals surface area contributed by atoms with E-state index in [9.17, 15) is 19.5 Å². The Morgan fingerprint density at radius 1 is 1.22 bits per heavy atom. The molecule has 27 heavy (non-hydrogen) atoms. The molecule has 0 bridgehead atoms. The third kappa shape index (κ3) is 8.02. The maximum Gasteiger partial charge on any atom is 0.408 e. The van der Waals surface area contributed by atoms with E-state index in [1.165, 1.54) is 20.1 Å². The molecule has 0 unspecified atom stereocenters. The highest BCUT2D eigenvalue weighted by atomic mass is 127. The van der Waals surface area contributed by atoms with Gasteiger partial charge in [0.2, 0.25) is 5.91 Å². The summed E-state index contributed by atoms with van der Waals surface area (Å²) < 4.78 is 10.5. The summed E-state index contributed by atoms with van der Waals surface area (Å²) >= 11 is 1.97. The van der Waals surface area contributed by atoms with E-state index in [2.05, 4.69) is 10.6 Å². The second-order valence-electron chi connectivity index (χ2n) is 6.94. The van der Waals surface area contributed by atoms with Crippen LogP contribution < -0.4 is 10.6 Å². The Morgan fingerprint density at radius 2 is 1.85 bits per heavy atom. The minimum Gasteiger partial charge on any atom is -0.507 e. The Balaban J connectivity index is 2.77. The summed E-state index contributed by atoms with van der Waals surface area (Å²) in [5.41, 5.74) is 0.0471. The quantitative estimate of drug-likeness (QED) is 0.414. The summed E-state index contributed by atoms with van der Waals surface area (Å²) in [6.45, 7) is 6.62. The summed E-state index contributed by atoms with van der Waals surface area (Å²) in [4.78, 5) is 36.2. The lowest BCUT2D eigenvalue weighted by molar-refractivity contribution is -0.145. The van der Waals surface area contributed by atoms with E-state index in [4.69, 9.17) is 9.47 Å². The zero-order valence-corrected chi connectivity index (χ0v) is 18.1. The molecule has 0 aliphatic heterocycles. The molecule has 0 radical (unpaired) electrons. The molecule has 3 N–H and O–H groups in total. The molecule has 1 aromatic carbocycles. The number of carbonyl (C=O) groups excluding carboxylic acids is 3.